The molecule has 14 heavy (non-hydrogen) atoms. The van der Waals surface area contributed by atoms with Gasteiger partial charge in [-0.1, -0.05) is 6.92 Å². The summed E-state index contributed by atoms with van der Waals surface area (Å²) in [5, 5.41) is 11.7. The number of rotatable bonds is 4. The zero-order valence-electron chi connectivity index (χ0n) is 8.47. The van der Waals surface area contributed by atoms with Crippen molar-refractivity contribution in [3.05, 3.63) is 15.9 Å². The van der Waals surface area contributed by atoms with Gasteiger partial charge in [-0.2, -0.15) is 5.10 Å². The van der Waals surface area contributed by atoms with E-state index in [4.69, 9.17) is 11.1 Å². The van der Waals surface area contributed by atoms with Crippen LogP contribution in [0, 0.1) is 5.41 Å². The van der Waals surface area contributed by atoms with Crippen LogP contribution in [-0.2, 0) is 19.4 Å². The average Bonchev–Trinajstić information content (AvgIpc) is 2.43. The second kappa shape index (κ2) is 4.59. The van der Waals surface area contributed by atoms with Crippen LogP contribution in [0.5, 0.6) is 0 Å². The molecule has 0 radical (unpaired) electrons. The van der Waals surface area contributed by atoms with Crippen LogP contribution in [0.1, 0.15) is 25.2 Å². The quantitative estimate of drug-likeness (QED) is 0.638. The van der Waals surface area contributed by atoms with Gasteiger partial charge in [-0.3, -0.25) is 10.1 Å². The maximum absolute atomic E-state index is 7.28. The summed E-state index contributed by atoms with van der Waals surface area (Å²) in [6.07, 6.45) is 1.35. The van der Waals surface area contributed by atoms with Crippen LogP contribution >= 0.6 is 15.9 Å². The molecule has 1 aromatic heterocycles. The molecular formula is C9H15BrN4. The molecule has 5 heteroatoms. The number of hydrogen-bond acceptors (Lipinski definition) is 2. The van der Waals surface area contributed by atoms with Crippen LogP contribution in [0.2, 0.25) is 0 Å². The molecule has 0 spiro atoms. The molecule has 0 fully saturated rings. The highest BCUT2D eigenvalue weighted by atomic mass is 79.9. The van der Waals surface area contributed by atoms with E-state index in [0.29, 0.717) is 6.42 Å². The topological polar surface area (TPSA) is 67.7 Å². The van der Waals surface area contributed by atoms with E-state index < -0.39 is 0 Å². The molecule has 3 N–H and O–H groups in total. The van der Waals surface area contributed by atoms with Gasteiger partial charge in [-0.25, -0.2) is 0 Å². The summed E-state index contributed by atoms with van der Waals surface area (Å²) in [6.45, 7) is 4.90. The van der Waals surface area contributed by atoms with Gasteiger partial charge in [-0.15, -0.1) is 0 Å². The Hall–Kier alpha value is -0.840. The Morgan fingerprint density at radius 3 is 2.64 bits per heavy atom. The highest BCUT2D eigenvalue weighted by Gasteiger charge is 2.13. The maximum atomic E-state index is 7.28. The number of aromatic nitrogens is 2. The van der Waals surface area contributed by atoms with E-state index in [9.17, 15) is 0 Å². The molecule has 0 saturated heterocycles. The molecule has 1 rings (SSSR count). The van der Waals surface area contributed by atoms with Gasteiger partial charge in [0.05, 0.1) is 21.7 Å². The predicted molar refractivity (Wildman–Crippen MR) is 60.6 cm³/mol. The molecule has 0 saturated carbocycles. The van der Waals surface area contributed by atoms with Crippen LogP contribution in [0.3, 0.4) is 0 Å². The lowest BCUT2D eigenvalue weighted by molar-refractivity contribution is 0.624. The van der Waals surface area contributed by atoms with Crippen LogP contribution in [0.25, 0.3) is 0 Å². The summed E-state index contributed by atoms with van der Waals surface area (Å²) >= 11 is 3.50. The lowest BCUT2D eigenvalue weighted by atomic mass is 10.2. The van der Waals surface area contributed by atoms with Gasteiger partial charge in [0.25, 0.3) is 0 Å². The molecule has 0 unspecified atom stereocenters. The summed E-state index contributed by atoms with van der Waals surface area (Å²) < 4.78 is 2.89. The lowest BCUT2D eigenvalue weighted by Gasteiger charge is -2.03. The van der Waals surface area contributed by atoms with Crippen LogP contribution < -0.4 is 5.73 Å². The summed E-state index contributed by atoms with van der Waals surface area (Å²) in [5.41, 5.74) is 7.42. The van der Waals surface area contributed by atoms with Crippen molar-refractivity contribution in [2.24, 2.45) is 5.73 Å². The third-order valence-corrected chi connectivity index (χ3v) is 2.97. The molecule has 0 aliphatic carbocycles. The predicted octanol–water partition coefficient (Wildman–Crippen LogP) is 1.71. The smallest absolute Gasteiger partial charge is 0.0966 e. The van der Waals surface area contributed by atoms with Crippen molar-refractivity contribution in [1.82, 2.24) is 9.78 Å². The average molecular weight is 259 g/mol. The fraction of sp³-hybridized carbons (Fsp3) is 0.556. The van der Waals surface area contributed by atoms with Crippen molar-refractivity contribution in [3.8, 4) is 0 Å². The molecule has 0 atom stereocenters. The first kappa shape index (κ1) is 11.2. The Kier molecular flexibility index (Phi) is 3.69. The van der Waals surface area contributed by atoms with Gasteiger partial charge in [0.1, 0.15) is 0 Å². The van der Waals surface area contributed by atoms with E-state index in [-0.39, 0.29) is 5.84 Å². The number of nitrogens with one attached hydrogen (secondary N) is 1. The summed E-state index contributed by atoms with van der Waals surface area (Å²) in [7, 11) is 0. The third-order valence-electron chi connectivity index (χ3n) is 2.05. The van der Waals surface area contributed by atoms with E-state index >= 15 is 0 Å². The molecule has 4 nitrogen and oxygen atoms in total. The Balaban J connectivity index is 3.10. The summed E-state index contributed by atoms with van der Waals surface area (Å²) in [4.78, 5) is 0. The van der Waals surface area contributed by atoms with Crippen molar-refractivity contribution in [2.45, 2.75) is 33.2 Å². The van der Waals surface area contributed by atoms with E-state index in [2.05, 4.69) is 28.0 Å². The first-order valence-corrected chi connectivity index (χ1v) is 5.46. The van der Waals surface area contributed by atoms with E-state index in [1.807, 2.05) is 11.6 Å². The Morgan fingerprint density at radius 2 is 2.21 bits per heavy atom. The summed E-state index contributed by atoms with van der Waals surface area (Å²) in [6, 6.07) is 0. The monoisotopic (exact) mass is 258 g/mol. The van der Waals surface area contributed by atoms with Gasteiger partial charge >= 0.3 is 0 Å². The van der Waals surface area contributed by atoms with Crippen molar-refractivity contribution < 1.29 is 0 Å². The Bertz CT molecular complexity index is 343. The summed E-state index contributed by atoms with van der Waals surface area (Å²) in [5.74, 6) is 0.169. The minimum absolute atomic E-state index is 0.169. The molecule has 1 heterocycles. The number of halogens is 1. The highest BCUT2D eigenvalue weighted by molar-refractivity contribution is 9.10. The number of nitrogens with zero attached hydrogens (tertiary/aromatic N) is 2. The first-order chi connectivity index (χ1) is 6.60. The van der Waals surface area contributed by atoms with Crippen molar-refractivity contribution >= 4 is 21.8 Å². The molecule has 1 aromatic rings. The second-order valence-electron chi connectivity index (χ2n) is 3.08. The molecule has 0 aliphatic heterocycles. The normalized spacial score (nSPS) is 10.5. The van der Waals surface area contributed by atoms with Gasteiger partial charge in [0.2, 0.25) is 0 Å². The third kappa shape index (κ3) is 2.15. The largest absolute Gasteiger partial charge is 0.387 e. The van der Waals surface area contributed by atoms with E-state index in [1.54, 1.807) is 0 Å². The minimum Gasteiger partial charge on any atom is -0.387 e. The van der Waals surface area contributed by atoms with Crippen molar-refractivity contribution in [2.75, 3.05) is 0 Å². The zero-order valence-corrected chi connectivity index (χ0v) is 10.1. The Morgan fingerprint density at radius 1 is 1.57 bits per heavy atom. The Labute approximate surface area is 92.1 Å². The van der Waals surface area contributed by atoms with E-state index in [0.717, 1.165) is 28.8 Å². The van der Waals surface area contributed by atoms with E-state index in [1.165, 1.54) is 0 Å². The van der Waals surface area contributed by atoms with Crippen LogP contribution in [0.15, 0.2) is 4.47 Å². The lowest BCUT2D eigenvalue weighted by Crippen LogP contribution is -2.16. The van der Waals surface area contributed by atoms with Gasteiger partial charge in [0.15, 0.2) is 0 Å². The molecule has 0 aliphatic rings. The van der Waals surface area contributed by atoms with Crippen molar-refractivity contribution in [1.29, 1.82) is 5.41 Å². The molecule has 0 aromatic carbocycles. The van der Waals surface area contributed by atoms with Gasteiger partial charge < -0.3 is 5.73 Å². The molecule has 0 bridgehead atoms. The van der Waals surface area contributed by atoms with Crippen LogP contribution in [0.4, 0.5) is 0 Å². The number of amidine groups is 1. The number of nitrogens with two attached hydrogens (primary N) is 1. The maximum Gasteiger partial charge on any atom is 0.0966 e. The fourth-order valence-corrected chi connectivity index (χ4v) is 2.07. The van der Waals surface area contributed by atoms with Gasteiger partial charge in [-0.05, 0) is 29.3 Å². The fourth-order valence-electron chi connectivity index (χ4n) is 1.37. The SMILES string of the molecule is CCc1nn(CC)c(CC(=N)N)c1Br. The minimum atomic E-state index is 0.169. The molecular weight excluding hydrogens is 244 g/mol. The number of hydrogen-bond donors (Lipinski definition) is 2. The second-order valence-corrected chi connectivity index (χ2v) is 3.87. The zero-order chi connectivity index (χ0) is 10.7. The first-order valence-electron chi connectivity index (χ1n) is 4.67. The van der Waals surface area contributed by atoms with Crippen molar-refractivity contribution in [3.63, 3.8) is 0 Å². The highest BCUT2D eigenvalue weighted by Crippen LogP contribution is 2.22. The van der Waals surface area contributed by atoms with Gasteiger partial charge in [0, 0.05) is 13.0 Å². The molecule has 0 amide bonds. The molecule has 78 valence electrons. The number of aryl methyl sites for hydroxylation is 2. The standard InChI is InChI=1S/C9H15BrN4/c1-3-6-9(10)7(5-8(11)12)14(4-2)13-6/h3-5H2,1-2H3,(H3,11,12). The van der Waals surface area contributed by atoms with Crippen LogP contribution in [-0.4, -0.2) is 15.6 Å².